The maximum Gasteiger partial charge on any atom is 0.0757 e. The summed E-state index contributed by atoms with van der Waals surface area (Å²) in [6.45, 7) is 4.33. The van der Waals surface area contributed by atoms with Crippen molar-refractivity contribution in [3.8, 4) is 0 Å². The van der Waals surface area contributed by atoms with Gasteiger partial charge in [-0.2, -0.15) is 0 Å². The average Bonchev–Trinajstić information content (AvgIpc) is 2.17. The lowest BCUT2D eigenvalue weighted by molar-refractivity contribution is 0.873. The molecule has 0 spiro atoms. The summed E-state index contributed by atoms with van der Waals surface area (Å²) in [6.07, 6.45) is 1.77. The number of pyridine rings is 1. The summed E-state index contributed by atoms with van der Waals surface area (Å²) in [5.41, 5.74) is 8.98. The Hall–Kier alpha value is -1.57. The van der Waals surface area contributed by atoms with Crippen LogP contribution in [0, 0.1) is 0 Å². The number of fused-ring (bicyclic) bond motifs is 1. The minimum absolute atomic E-state index is 0.480. The number of benzene rings is 1. The second-order valence-corrected chi connectivity index (χ2v) is 3.80. The van der Waals surface area contributed by atoms with Crippen LogP contribution in [0.2, 0.25) is 0 Å². The topological polar surface area (TPSA) is 38.9 Å². The third-order valence-electron chi connectivity index (χ3n) is 2.46. The van der Waals surface area contributed by atoms with Crippen molar-refractivity contribution in [3.05, 3.63) is 36.0 Å². The van der Waals surface area contributed by atoms with Crippen LogP contribution in [-0.2, 0) is 0 Å². The highest BCUT2D eigenvalue weighted by molar-refractivity contribution is 5.92. The quantitative estimate of drug-likeness (QED) is 0.743. The number of nitrogen functional groups attached to an aromatic ring is 1. The van der Waals surface area contributed by atoms with Crippen molar-refractivity contribution in [2.45, 2.75) is 19.8 Å². The van der Waals surface area contributed by atoms with Gasteiger partial charge in [0, 0.05) is 17.3 Å². The highest BCUT2D eigenvalue weighted by Crippen LogP contribution is 2.26. The first-order chi connectivity index (χ1) is 6.70. The zero-order valence-electron chi connectivity index (χ0n) is 8.49. The molecule has 2 heteroatoms. The molecule has 1 heterocycles. The third-order valence-corrected chi connectivity index (χ3v) is 2.46. The largest absolute Gasteiger partial charge is 0.398 e. The number of rotatable bonds is 1. The second kappa shape index (κ2) is 3.29. The molecule has 0 bridgehead atoms. The van der Waals surface area contributed by atoms with Gasteiger partial charge in [-0.15, -0.1) is 0 Å². The molecule has 0 aliphatic rings. The van der Waals surface area contributed by atoms with Gasteiger partial charge in [0.2, 0.25) is 0 Å². The van der Waals surface area contributed by atoms with Crippen molar-refractivity contribution < 1.29 is 0 Å². The minimum atomic E-state index is 0.480. The molecule has 14 heavy (non-hydrogen) atoms. The van der Waals surface area contributed by atoms with Crippen LogP contribution in [0.25, 0.3) is 10.9 Å². The van der Waals surface area contributed by atoms with E-state index in [-0.39, 0.29) is 0 Å². The average molecular weight is 186 g/mol. The Morgan fingerprint density at radius 2 is 2.00 bits per heavy atom. The molecule has 0 saturated heterocycles. The summed E-state index contributed by atoms with van der Waals surface area (Å²) in [5.74, 6) is 0.480. The zero-order valence-corrected chi connectivity index (χ0v) is 8.49. The molecule has 0 aliphatic carbocycles. The van der Waals surface area contributed by atoms with E-state index in [2.05, 4.69) is 24.9 Å². The Kier molecular flexibility index (Phi) is 2.12. The Morgan fingerprint density at radius 3 is 2.71 bits per heavy atom. The van der Waals surface area contributed by atoms with E-state index in [1.54, 1.807) is 6.20 Å². The van der Waals surface area contributed by atoms with Gasteiger partial charge < -0.3 is 5.73 Å². The van der Waals surface area contributed by atoms with Crippen LogP contribution >= 0.6 is 0 Å². The molecular formula is C12H14N2. The summed E-state index contributed by atoms with van der Waals surface area (Å²) in [5, 5.41) is 1.05. The van der Waals surface area contributed by atoms with Crippen molar-refractivity contribution in [2.75, 3.05) is 5.73 Å². The van der Waals surface area contributed by atoms with E-state index >= 15 is 0 Å². The van der Waals surface area contributed by atoms with Crippen LogP contribution in [0.5, 0.6) is 0 Å². The van der Waals surface area contributed by atoms with Crippen molar-refractivity contribution in [2.24, 2.45) is 0 Å². The molecule has 0 amide bonds. The van der Waals surface area contributed by atoms with Gasteiger partial charge in [-0.1, -0.05) is 32.0 Å². The maximum atomic E-state index is 5.89. The molecule has 0 aliphatic heterocycles. The number of hydrogen-bond donors (Lipinski definition) is 1. The van der Waals surface area contributed by atoms with Crippen LogP contribution in [0.1, 0.15) is 25.3 Å². The van der Waals surface area contributed by atoms with Crippen LogP contribution in [0.3, 0.4) is 0 Å². The van der Waals surface area contributed by atoms with E-state index in [9.17, 15) is 0 Å². The first-order valence-electron chi connectivity index (χ1n) is 4.83. The van der Waals surface area contributed by atoms with E-state index in [0.717, 1.165) is 16.6 Å². The normalized spacial score (nSPS) is 11.1. The Bertz CT molecular complexity index is 461. The first kappa shape index (κ1) is 9.00. The Morgan fingerprint density at radius 1 is 1.21 bits per heavy atom. The minimum Gasteiger partial charge on any atom is -0.398 e. The summed E-state index contributed by atoms with van der Waals surface area (Å²) >= 11 is 0. The molecule has 0 saturated carbocycles. The molecule has 0 atom stereocenters. The molecule has 2 N–H and O–H groups in total. The summed E-state index contributed by atoms with van der Waals surface area (Å²) in [7, 11) is 0. The fraction of sp³-hybridized carbons (Fsp3) is 0.250. The lowest BCUT2D eigenvalue weighted by Gasteiger charge is -2.09. The van der Waals surface area contributed by atoms with Crippen molar-refractivity contribution in [1.29, 1.82) is 0 Å². The van der Waals surface area contributed by atoms with Gasteiger partial charge in [-0.3, -0.25) is 4.98 Å². The molecule has 2 nitrogen and oxygen atoms in total. The van der Waals surface area contributed by atoms with E-state index < -0.39 is 0 Å². The number of anilines is 1. The molecule has 72 valence electrons. The predicted octanol–water partition coefficient (Wildman–Crippen LogP) is 2.94. The van der Waals surface area contributed by atoms with Crippen LogP contribution in [0.15, 0.2) is 30.5 Å². The number of nitrogens with two attached hydrogens (primary N) is 1. The summed E-state index contributed by atoms with van der Waals surface area (Å²) < 4.78 is 0. The smallest absolute Gasteiger partial charge is 0.0757 e. The Labute approximate surface area is 83.8 Å². The van der Waals surface area contributed by atoms with Gasteiger partial charge in [0.05, 0.1) is 5.52 Å². The highest BCUT2D eigenvalue weighted by Gasteiger charge is 2.06. The molecule has 2 aromatic rings. The zero-order chi connectivity index (χ0) is 10.1. The Balaban J connectivity index is 2.81. The van der Waals surface area contributed by atoms with Gasteiger partial charge in [-0.05, 0) is 17.5 Å². The standard InChI is InChI=1S/C12H14N2/c1-8(2)9-4-3-5-10-11(13)6-7-14-12(9)10/h3-8H,1-2H3,(H2,13,14). The van der Waals surface area contributed by atoms with E-state index in [0.29, 0.717) is 5.92 Å². The molecule has 2 rings (SSSR count). The maximum absolute atomic E-state index is 5.89. The lowest BCUT2D eigenvalue weighted by atomic mass is 9.99. The van der Waals surface area contributed by atoms with E-state index in [1.165, 1.54) is 5.56 Å². The molecular weight excluding hydrogens is 172 g/mol. The van der Waals surface area contributed by atoms with Gasteiger partial charge in [0.25, 0.3) is 0 Å². The third kappa shape index (κ3) is 1.33. The number of para-hydroxylation sites is 1. The molecule has 0 radical (unpaired) electrons. The van der Waals surface area contributed by atoms with Gasteiger partial charge >= 0.3 is 0 Å². The fourth-order valence-corrected chi connectivity index (χ4v) is 1.69. The van der Waals surface area contributed by atoms with Crippen LogP contribution < -0.4 is 5.73 Å². The van der Waals surface area contributed by atoms with Gasteiger partial charge in [-0.25, -0.2) is 0 Å². The van der Waals surface area contributed by atoms with Crippen molar-refractivity contribution in [1.82, 2.24) is 4.98 Å². The summed E-state index contributed by atoms with van der Waals surface area (Å²) in [4.78, 5) is 4.38. The van der Waals surface area contributed by atoms with Crippen molar-refractivity contribution >= 4 is 16.6 Å². The molecule has 0 unspecified atom stereocenters. The molecule has 0 fully saturated rings. The van der Waals surface area contributed by atoms with E-state index in [4.69, 9.17) is 5.73 Å². The highest BCUT2D eigenvalue weighted by atomic mass is 14.7. The predicted molar refractivity (Wildman–Crippen MR) is 60.2 cm³/mol. The fourth-order valence-electron chi connectivity index (χ4n) is 1.69. The summed E-state index contributed by atoms with van der Waals surface area (Å²) in [6, 6.07) is 8.01. The van der Waals surface area contributed by atoms with Gasteiger partial charge in [0.15, 0.2) is 0 Å². The molecule has 1 aromatic carbocycles. The number of hydrogen-bond acceptors (Lipinski definition) is 2. The lowest BCUT2D eigenvalue weighted by Crippen LogP contribution is -1.94. The van der Waals surface area contributed by atoms with Crippen LogP contribution in [0.4, 0.5) is 5.69 Å². The van der Waals surface area contributed by atoms with Crippen molar-refractivity contribution in [3.63, 3.8) is 0 Å². The number of nitrogens with zero attached hydrogens (tertiary/aromatic N) is 1. The number of aromatic nitrogens is 1. The molecule has 1 aromatic heterocycles. The second-order valence-electron chi connectivity index (χ2n) is 3.80. The first-order valence-corrected chi connectivity index (χ1v) is 4.83. The van der Waals surface area contributed by atoms with Gasteiger partial charge in [0.1, 0.15) is 0 Å². The van der Waals surface area contributed by atoms with E-state index in [1.807, 2.05) is 18.2 Å². The SMILES string of the molecule is CC(C)c1cccc2c(N)ccnc12. The van der Waals surface area contributed by atoms with Crippen LogP contribution in [-0.4, -0.2) is 4.98 Å². The monoisotopic (exact) mass is 186 g/mol.